The Kier molecular flexibility index (Phi) is 3.62. The molecule has 0 aromatic heterocycles. The van der Waals surface area contributed by atoms with Gasteiger partial charge in [-0.05, 0) is 18.1 Å². The summed E-state index contributed by atoms with van der Waals surface area (Å²) in [6, 6.07) is 0. The van der Waals surface area contributed by atoms with Gasteiger partial charge in [-0.2, -0.15) is 0 Å². The van der Waals surface area contributed by atoms with Gasteiger partial charge in [0.05, 0.1) is 14.4 Å². The highest BCUT2D eigenvalue weighted by molar-refractivity contribution is 6.67. The number of hydrogen-bond donors (Lipinski definition) is 0. The van der Waals surface area contributed by atoms with Gasteiger partial charge < -0.3 is 0 Å². The van der Waals surface area contributed by atoms with E-state index in [1.807, 2.05) is 13.1 Å². The topological polar surface area (TPSA) is 0 Å². The molecule has 0 atom stereocenters. The molecule has 19 heavy (non-hydrogen) atoms. The summed E-state index contributed by atoms with van der Waals surface area (Å²) in [5.41, 5.74) is -0.743. The molecule has 2 rings (SSSR count). The molecule has 0 unspecified atom stereocenters. The van der Waals surface area contributed by atoms with Crippen LogP contribution in [0.5, 0.6) is 0 Å². The lowest BCUT2D eigenvalue weighted by molar-refractivity contribution is 0.376. The minimum Gasteiger partial charge on any atom is -0.203 e. The fourth-order valence-corrected chi connectivity index (χ4v) is 3.47. The Morgan fingerprint density at radius 3 is 1.84 bits per heavy atom. The van der Waals surface area contributed by atoms with E-state index in [4.69, 9.17) is 0 Å². The van der Waals surface area contributed by atoms with Crippen LogP contribution in [0, 0.1) is 35.2 Å². The summed E-state index contributed by atoms with van der Waals surface area (Å²) in [6.07, 6.45) is 4.70. The maximum atomic E-state index is 13.7. The molecule has 0 bridgehead atoms. The third-order valence-corrected chi connectivity index (χ3v) is 4.62. The summed E-state index contributed by atoms with van der Waals surface area (Å²) in [4.78, 5) is 0. The normalized spacial score (nSPS) is 14.9. The van der Waals surface area contributed by atoms with E-state index >= 15 is 0 Å². The summed E-state index contributed by atoms with van der Waals surface area (Å²) in [6.45, 7) is 3.79. The Morgan fingerprint density at radius 2 is 1.37 bits per heavy atom. The van der Waals surface area contributed by atoms with Crippen molar-refractivity contribution in [3.05, 3.63) is 52.0 Å². The third kappa shape index (κ3) is 2.14. The molecule has 0 aliphatic heterocycles. The molecule has 0 saturated carbocycles. The van der Waals surface area contributed by atoms with Crippen LogP contribution in [0.4, 0.5) is 22.0 Å². The summed E-state index contributed by atoms with van der Waals surface area (Å²) in [7, 11) is -1.47. The Balaban J connectivity index is 2.69. The first-order valence-electron chi connectivity index (χ1n) is 5.69. The Labute approximate surface area is 108 Å². The van der Waals surface area contributed by atoms with Gasteiger partial charge in [0.1, 0.15) is 0 Å². The zero-order chi connectivity index (χ0) is 14.3. The van der Waals surface area contributed by atoms with Crippen LogP contribution in [-0.2, 0) is 0 Å². The lowest BCUT2D eigenvalue weighted by Gasteiger charge is -2.14. The van der Waals surface area contributed by atoms with Crippen LogP contribution in [0.1, 0.15) is 12.0 Å². The van der Waals surface area contributed by atoms with E-state index in [0.29, 0.717) is 11.6 Å². The average molecular weight is 289 g/mol. The van der Waals surface area contributed by atoms with Crippen LogP contribution < -0.4 is 0 Å². The first kappa shape index (κ1) is 14.0. The second-order valence-electron chi connectivity index (χ2n) is 4.51. The van der Waals surface area contributed by atoms with E-state index in [1.54, 1.807) is 0 Å². The van der Waals surface area contributed by atoms with Gasteiger partial charge in [0.25, 0.3) is 0 Å². The SMILES string of the molecule is C[SiH](C)C1=[C]CC=C1c1c(F)c(F)c(F)c(F)c1F. The van der Waals surface area contributed by atoms with E-state index in [-0.39, 0.29) is 5.57 Å². The van der Waals surface area contributed by atoms with Crippen molar-refractivity contribution < 1.29 is 22.0 Å². The lowest BCUT2D eigenvalue weighted by Crippen LogP contribution is -2.12. The van der Waals surface area contributed by atoms with Crippen LogP contribution in [0.3, 0.4) is 0 Å². The molecule has 1 aromatic rings. The molecule has 0 spiro atoms. The molecule has 1 aliphatic carbocycles. The van der Waals surface area contributed by atoms with Crippen LogP contribution in [0.15, 0.2) is 11.3 Å². The van der Waals surface area contributed by atoms with E-state index in [2.05, 4.69) is 6.08 Å². The predicted molar refractivity (Wildman–Crippen MR) is 64.5 cm³/mol. The average Bonchev–Trinajstić information content (AvgIpc) is 2.83. The number of hydrogen-bond acceptors (Lipinski definition) is 0. The lowest BCUT2D eigenvalue weighted by atomic mass is 10.0. The molecule has 0 fully saturated rings. The van der Waals surface area contributed by atoms with Crippen molar-refractivity contribution in [3.63, 3.8) is 0 Å². The van der Waals surface area contributed by atoms with Crippen molar-refractivity contribution in [2.45, 2.75) is 19.5 Å². The summed E-state index contributed by atoms with van der Waals surface area (Å²) in [5, 5.41) is 0.600. The molecule has 101 valence electrons. The van der Waals surface area contributed by atoms with Crippen molar-refractivity contribution in [1.29, 1.82) is 0 Å². The number of rotatable bonds is 2. The number of benzene rings is 1. The maximum Gasteiger partial charge on any atom is 0.200 e. The van der Waals surface area contributed by atoms with E-state index in [1.165, 1.54) is 6.08 Å². The standard InChI is InChI=1S/C13H10F5Si/c1-19(2)7-5-3-4-6(7)8-9(14)11(16)13(18)12(17)10(8)15/h4,19H,3H2,1-2H3. The van der Waals surface area contributed by atoms with Gasteiger partial charge >= 0.3 is 0 Å². The third-order valence-electron chi connectivity index (χ3n) is 2.95. The van der Waals surface area contributed by atoms with Crippen molar-refractivity contribution in [2.75, 3.05) is 0 Å². The molecule has 1 aliphatic rings. The van der Waals surface area contributed by atoms with Gasteiger partial charge in [0.2, 0.25) is 5.82 Å². The highest BCUT2D eigenvalue weighted by atomic mass is 28.3. The zero-order valence-electron chi connectivity index (χ0n) is 10.3. The second-order valence-corrected chi connectivity index (χ2v) is 7.40. The van der Waals surface area contributed by atoms with Gasteiger partial charge in [0.15, 0.2) is 23.3 Å². The van der Waals surface area contributed by atoms with Gasteiger partial charge in [-0.1, -0.05) is 24.4 Å². The first-order valence-corrected chi connectivity index (χ1v) is 8.58. The van der Waals surface area contributed by atoms with Gasteiger partial charge in [0, 0.05) is 0 Å². The minimum absolute atomic E-state index is 0.0921. The Morgan fingerprint density at radius 1 is 0.895 bits per heavy atom. The van der Waals surface area contributed by atoms with E-state index in [9.17, 15) is 22.0 Å². The molecule has 0 amide bonds. The first-order chi connectivity index (χ1) is 8.86. The summed E-state index contributed by atoms with van der Waals surface area (Å²) >= 11 is 0. The molecule has 0 heterocycles. The van der Waals surface area contributed by atoms with Crippen molar-refractivity contribution >= 4 is 14.4 Å². The number of allylic oxidation sites excluding steroid dienone is 4. The molecular weight excluding hydrogens is 279 g/mol. The van der Waals surface area contributed by atoms with E-state index < -0.39 is 43.4 Å². The van der Waals surface area contributed by atoms with Crippen LogP contribution in [-0.4, -0.2) is 8.80 Å². The van der Waals surface area contributed by atoms with Crippen molar-refractivity contribution in [1.82, 2.24) is 0 Å². The Bertz CT molecular complexity index is 573. The number of halogens is 5. The van der Waals surface area contributed by atoms with Crippen LogP contribution in [0.25, 0.3) is 5.57 Å². The molecule has 1 radical (unpaired) electrons. The molecule has 0 saturated heterocycles. The largest absolute Gasteiger partial charge is 0.203 e. The molecule has 1 aromatic carbocycles. The fraction of sp³-hybridized carbons (Fsp3) is 0.231. The van der Waals surface area contributed by atoms with Crippen LogP contribution >= 0.6 is 0 Å². The maximum absolute atomic E-state index is 13.7. The van der Waals surface area contributed by atoms with E-state index in [0.717, 1.165) is 0 Å². The van der Waals surface area contributed by atoms with Crippen LogP contribution in [0.2, 0.25) is 13.1 Å². The minimum atomic E-state index is -2.13. The second kappa shape index (κ2) is 4.92. The van der Waals surface area contributed by atoms with Crippen molar-refractivity contribution in [3.8, 4) is 0 Å². The molecule has 0 N–H and O–H groups in total. The smallest absolute Gasteiger partial charge is 0.200 e. The fourth-order valence-electron chi connectivity index (χ4n) is 2.06. The monoisotopic (exact) mass is 289 g/mol. The van der Waals surface area contributed by atoms with Crippen molar-refractivity contribution in [2.24, 2.45) is 0 Å². The highest BCUT2D eigenvalue weighted by Crippen LogP contribution is 2.36. The highest BCUT2D eigenvalue weighted by Gasteiger charge is 2.30. The zero-order valence-corrected chi connectivity index (χ0v) is 11.4. The molecule has 0 nitrogen and oxygen atoms in total. The Hall–Kier alpha value is -1.43. The predicted octanol–water partition coefficient (Wildman–Crippen LogP) is 3.92. The van der Waals surface area contributed by atoms with Gasteiger partial charge in [-0.25, -0.2) is 22.0 Å². The summed E-state index contributed by atoms with van der Waals surface area (Å²) in [5.74, 6) is -9.51. The van der Waals surface area contributed by atoms with Gasteiger partial charge in [-0.3, -0.25) is 0 Å². The van der Waals surface area contributed by atoms with Gasteiger partial charge in [-0.15, -0.1) is 0 Å². The quantitative estimate of drug-likeness (QED) is 0.335. The molecular formula is C13H10F5Si. The summed E-state index contributed by atoms with van der Waals surface area (Å²) < 4.78 is 66.7. The molecule has 6 heteroatoms.